The zero-order valence-electron chi connectivity index (χ0n) is 17.4. The first-order chi connectivity index (χ1) is 14.2. The van der Waals surface area contributed by atoms with Gasteiger partial charge in [0.1, 0.15) is 11.4 Å². The van der Waals surface area contributed by atoms with Gasteiger partial charge in [-0.1, -0.05) is 42.5 Å². The molecule has 2 N–H and O–H groups in total. The molecule has 1 aliphatic rings. The van der Waals surface area contributed by atoms with Crippen molar-refractivity contribution in [3.05, 3.63) is 71.0 Å². The molecule has 2 atom stereocenters. The smallest absolute Gasteiger partial charge is 0.410 e. The number of fused-ring (bicyclic) bond motifs is 1. The van der Waals surface area contributed by atoms with Crippen LogP contribution in [0.4, 0.5) is 9.18 Å². The van der Waals surface area contributed by atoms with Crippen LogP contribution in [0, 0.1) is 5.82 Å². The van der Waals surface area contributed by atoms with Crippen LogP contribution in [0.1, 0.15) is 49.5 Å². The molecule has 0 bridgehead atoms. The van der Waals surface area contributed by atoms with Gasteiger partial charge in [0.25, 0.3) is 0 Å². The van der Waals surface area contributed by atoms with Crippen molar-refractivity contribution in [3.8, 4) is 0 Å². The van der Waals surface area contributed by atoms with Crippen molar-refractivity contribution in [2.45, 2.75) is 44.9 Å². The zero-order valence-corrected chi connectivity index (χ0v) is 17.4. The number of hydrogen-bond acceptors (Lipinski definition) is 4. The summed E-state index contributed by atoms with van der Waals surface area (Å²) in [7, 11) is 0. The maximum atomic E-state index is 13.9. The summed E-state index contributed by atoms with van der Waals surface area (Å²) >= 11 is 0. The Balaban J connectivity index is 1.73. The highest BCUT2D eigenvalue weighted by molar-refractivity contribution is 5.85. The van der Waals surface area contributed by atoms with E-state index in [0.717, 1.165) is 11.1 Å². The number of aliphatic hydroxyl groups is 1. The molecule has 7 heteroatoms. The minimum Gasteiger partial charge on any atom is -0.444 e. The van der Waals surface area contributed by atoms with E-state index in [2.05, 4.69) is 5.32 Å². The van der Waals surface area contributed by atoms with Gasteiger partial charge in [-0.05, 0) is 38.0 Å². The molecule has 0 spiro atoms. The third-order valence-electron chi connectivity index (χ3n) is 4.90. The van der Waals surface area contributed by atoms with Crippen LogP contribution in [0.5, 0.6) is 0 Å². The largest absolute Gasteiger partial charge is 0.444 e. The predicted octanol–water partition coefficient (Wildman–Crippen LogP) is 3.51. The lowest BCUT2D eigenvalue weighted by molar-refractivity contribution is -0.123. The fourth-order valence-electron chi connectivity index (χ4n) is 3.47. The number of benzene rings is 2. The Morgan fingerprint density at radius 3 is 2.57 bits per heavy atom. The first-order valence-corrected chi connectivity index (χ1v) is 9.91. The summed E-state index contributed by atoms with van der Waals surface area (Å²) in [5.41, 5.74) is 1.17. The molecule has 0 aromatic heterocycles. The molecule has 1 heterocycles. The lowest BCUT2D eigenvalue weighted by Gasteiger charge is -2.35. The monoisotopic (exact) mass is 414 g/mol. The lowest BCUT2D eigenvalue weighted by atomic mass is 9.89. The number of nitrogens with one attached hydrogen (secondary N) is 1. The third kappa shape index (κ3) is 5.16. The normalized spacial score (nSPS) is 17.1. The number of rotatable bonds is 4. The highest BCUT2D eigenvalue weighted by atomic mass is 19.1. The Labute approximate surface area is 175 Å². The molecule has 30 heavy (non-hydrogen) atoms. The first kappa shape index (κ1) is 21.8. The van der Waals surface area contributed by atoms with Gasteiger partial charge in [0, 0.05) is 25.2 Å². The van der Waals surface area contributed by atoms with Gasteiger partial charge in [-0.3, -0.25) is 4.79 Å². The Hall–Kier alpha value is -2.93. The molecule has 0 saturated carbocycles. The number of ether oxygens (including phenoxy) is 1. The number of nitrogens with zero attached hydrogens (tertiary/aromatic N) is 1. The second kappa shape index (κ2) is 8.83. The summed E-state index contributed by atoms with van der Waals surface area (Å²) in [6.07, 6.45) is -1.66. The van der Waals surface area contributed by atoms with Crippen molar-refractivity contribution in [1.82, 2.24) is 10.2 Å². The highest BCUT2D eigenvalue weighted by Crippen LogP contribution is 2.29. The first-order valence-electron chi connectivity index (χ1n) is 9.91. The second-order valence-corrected chi connectivity index (χ2v) is 8.39. The lowest BCUT2D eigenvalue weighted by Crippen LogP contribution is -2.46. The van der Waals surface area contributed by atoms with Gasteiger partial charge in [-0.2, -0.15) is 0 Å². The van der Waals surface area contributed by atoms with Crippen LogP contribution < -0.4 is 5.32 Å². The topological polar surface area (TPSA) is 78.9 Å². The maximum Gasteiger partial charge on any atom is 0.410 e. The van der Waals surface area contributed by atoms with Crippen molar-refractivity contribution in [2.75, 3.05) is 13.1 Å². The van der Waals surface area contributed by atoms with Crippen molar-refractivity contribution >= 4 is 12.0 Å². The van der Waals surface area contributed by atoms with E-state index in [9.17, 15) is 19.1 Å². The molecular weight excluding hydrogens is 387 g/mol. The van der Waals surface area contributed by atoms with Gasteiger partial charge in [0.15, 0.2) is 0 Å². The fraction of sp³-hybridized carbons (Fsp3) is 0.391. The van der Waals surface area contributed by atoms with Crippen LogP contribution in [0.3, 0.4) is 0 Å². The van der Waals surface area contributed by atoms with Crippen LogP contribution in [-0.2, 0) is 16.1 Å². The Kier molecular flexibility index (Phi) is 6.41. The van der Waals surface area contributed by atoms with Gasteiger partial charge in [0.05, 0.1) is 12.0 Å². The van der Waals surface area contributed by atoms with Crippen molar-refractivity contribution < 1.29 is 23.8 Å². The maximum absolute atomic E-state index is 13.9. The molecule has 160 valence electrons. The molecule has 0 aliphatic carbocycles. The van der Waals surface area contributed by atoms with Crippen molar-refractivity contribution in [1.29, 1.82) is 0 Å². The fourth-order valence-corrected chi connectivity index (χ4v) is 3.47. The molecule has 6 nitrogen and oxygen atoms in total. The molecule has 0 fully saturated rings. The summed E-state index contributed by atoms with van der Waals surface area (Å²) in [6.45, 7) is 5.75. The average Bonchev–Trinajstić information content (AvgIpc) is 2.70. The number of halogens is 1. The van der Waals surface area contributed by atoms with Crippen LogP contribution in [0.15, 0.2) is 48.5 Å². The minimum absolute atomic E-state index is 0.122. The van der Waals surface area contributed by atoms with E-state index >= 15 is 0 Å². The van der Waals surface area contributed by atoms with Gasteiger partial charge in [-0.15, -0.1) is 0 Å². The molecule has 0 radical (unpaired) electrons. The molecule has 2 unspecified atom stereocenters. The Morgan fingerprint density at radius 1 is 1.20 bits per heavy atom. The van der Waals surface area contributed by atoms with Gasteiger partial charge < -0.3 is 20.1 Å². The van der Waals surface area contributed by atoms with Crippen LogP contribution in [-0.4, -0.2) is 40.7 Å². The summed E-state index contributed by atoms with van der Waals surface area (Å²) in [6, 6.07) is 13.3. The van der Waals surface area contributed by atoms with Gasteiger partial charge in [0.2, 0.25) is 5.91 Å². The summed E-state index contributed by atoms with van der Waals surface area (Å²) in [5, 5.41) is 13.0. The third-order valence-corrected chi connectivity index (χ3v) is 4.90. The van der Waals surface area contributed by atoms with E-state index < -0.39 is 29.5 Å². The minimum atomic E-state index is -1.17. The molecule has 0 saturated heterocycles. The van der Waals surface area contributed by atoms with Crippen LogP contribution in [0.2, 0.25) is 0 Å². The second-order valence-electron chi connectivity index (χ2n) is 8.39. The molecule has 2 amide bonds. The molecule has 3 rings (SSSR count). The van der Waals surface area contributed by atoms with Crippen molar-refractivity contribution in [2.24, 2.45) is 0 Å². The Bertz CT molecular complexity index is 925. The van der Waals surface area contributed by atoms with Gasteiger partial charge in [-0.25, -0.2) is 9.18 Å². The van der Waals surface area contributed by atoms with Crippen LogP contribution >= 0.6 is 0 Å². The molecular formula is C23H27FN2O4. The SMILES string of the molecule is CC(C)(C)OC(=O)N1Cc2ccccc2C(C(=O)NCC(O)c2ccccc2F)C1. The number of hydrogen-bond donors (Lipinski definition) is 2. The van der Waals surface area contributed by atoms with E-state index in [-0.39, 0.29) is 24.6 Å². The Morgan fingerprint density at radius 2 is 1.87 bits per heavy atom. The number of carbonyl (C=O) groups excluding carboxylic acids is 2. The van der Waals surface area contributed by atoms with Crippen molar-refractivity contribution in [3.63, 3.8) is 0 Å². The van der Waals surface area contributed by atoms with E-state index in [1.54, 1.807) is 26.8 Å². The molecule has 1 aliphatic heterocycles. The van der Waals surface area contributed by atoms with Crippen LogP contribution in [0.25, 0.3) is 0 Å². The number of amides is 2. The zero-order chi connectivity index (χ0) is 21.9. The quantitative estimate of drug-likeness (QED) is 0.803. The molecule has 2 aromatic rings. The summed E-state index contributed by atoms with van der Waals surface area (Å²) < 4.78 is 19.3. The van der Waals surface area contributed by atoms with E-state index in [1.807, 2.05) is 24.3 Å². The van der Waals surface area contributed by atoms with E-state index in [1.165, 1.54) is 23.1 Å². The highest BCUT2D eigenvalue weighted by Gasteiger charge is 2.34. The number of carbonyl (C=O) groups is 2. The predicted molar refractivity (Wildman–Crippen MR) is 110 cm³/mol. The number of aliphatic hydroxyl groups excluding tert-OH is 1. The van der Waals surface area contributed by atoms with E-state index in [4.69, 9.17) is 4.74 Å². The molecule has 2 aromatic carbocycles. The van der Waals surface area contributed by atoms with E-state index in [0.29, 0.717) is 6.54 Å². The van der Waals surface area contributed by atoms with Gasteiger partial charge >= 0.3 is 6.09 Å². The summed E-state index contributed by atoms with van der Waals surface area (Å²) in [5.74, 6) is -1.49. The summed E-state index contributed by atoms with van der Waals surface area (Å²) in [4.78, 5) is 27.0. The average molecular weight is 414 g/mol. The standard InChI is InChI=1S/C23H27FN2O4/c1-23(2,3)30-22(29)26-13-15-8-4-5-9-16(15)18(14-26)21(28)25-12-20(27)17-10-6-7-11-19(17)24/h4-11,18,20,27H,12-14H2,1-3H3,(H,25,28).